The predicted octanol–water partition coefficient (Wildman–Crippen LogP) is 2.55. The summed E-state index contributed by atoms with van der Waals surface area (Å²) in [5, 5.41) is 2.70. The summed E-state index contributed by atoms with van der Waals surface area (Å²) in [4.78, 5) is 24.6. The highest BCUT2D eigenvalue weighted by atomic mass is 32.2. The number of benzene rings is 1. The largest absolute Gasteiger partial charge is 0.468 e. The van der Waals surface area contributed by atoms with Gasteiger partial charge in [-0.3, -0.25) is 9.59 Å². The van der Waals surface area contributed by atoms with Gasteiger partial charge in [-0.25, -0.2) is 0 Å². The highest BCUT2D eigenvalue weighted by Crippen LogP contribution is 2.22. The van der Waals surface area contributed by atoms with Crippen molar-refractivity contribution in [3.63, 3.8) is 0 Å². The quantitative estimate of drug-likeness (QED) is 0.517. The lowest BCUT2D eigenvalue weighted by molar-refractivity contribution is -0.154. The lowest BCUT2D eigenvalue weighted by Crippen LogP contribution is -2.38. The van der Waals surface area contributed by atoms with E-state index in [9.17, 15) is 9.59 Å². The van der Waals surface area contributed by atoms with Gasteiger partial charge in [0, 0.05) is 10.6 Å². The highest BCUT2D eigenvalue weighted by molar-refractivity contribution is 7.98. The van der Waals surface area contributed by atoms with E-state index in [1.54, 1.807) is 23.9 Å². The third kappa shape index (κ3) is 3.26. The lowest BCUT2D eigenvalue weighted by Gasteiger charge is -2.20. The normalized spacial score (nSPS) is 10.9. The van der Waals surface area contributed by atoms with E-state index in [1.807, 2.05) is 18.4 Å². The molecule has 1 rings (SSSR count). The molecule has 0 unspecified atom stereocenters. The number of esters is 1. The van der Waals surface area contributed by atoms with Gasteiger partial charge >= 0.3 is 5.97 Å². The molecule has 0 saturated carbocycles. The average Bonchev–Trinajstić information content (AvgIpc) is 2.38. The van der Waals surface area contributed by atoms with Gasteiger partial charge in [-0.1, -0.05) is 0 Å². The van der Waals surface area contributed by atoms with Gasteiger partial charge < -0.3 is 10.1 Å². The fraction of sp³-hybridized carbons (Fsp3) is 0.385. The van der Waals surface area contributed by atoms with Crippen LogP contribution in [0.3, 0.4) is 0 Å². The summed E-state index contributed by atoms with van der Waals surface area (Å²) >= 11 is 1.62. The first-order valence-electron chi connectivity index (χ1n) is 5.45. The van der Waals surface area contributed by atoms with Crippen molar-refractivity contribution < 1.29 is 14.3 Å². The molecule has 1 aromatic rings. The van der Waals surface area contributed by atoms with Crippen LogP contribution < -0.4 is 5.32 Å². The van der Waals surface area contributed by atoms with Crippen LogP contribution in [0.15, 0.2) is 29.2 Å². The fourth-order valence-corrected chi connectivity index (χ4v) is 1.72. The molecule has 4 nitrogen and oxygen atoms in total. The van der Waals surface area contributed by atoms with E-state index in [2.05, 4.69) is 10.1 Å². The maximum atomic E-state index is 12.0. The Labute approximate surface area is 111 Å². The first kappa shape index (κ1) is 14.6. The van der Waals surface area contributed by atoms with E-state index in [1.165, 1.54) is 21.0 Å². The Morgan fingerprint density at radius 2 is 1.78 bits per heavy atom. The van der Waals surface area contributed by atoms with E-state index in [-0.39, 0.29) is 5.91 Å². The van der Waals surface area contributed by atoms with Crippen LogP contribution in [0.1, 0.15) is 13.8 Å². The zero-order valence-corrected chi connectivity index (χ0v) is 11.8. The van der Waals surface area contributed by atoms with Gasteiger partial charge in [-0.15, -0.1) is 11.8 Å². The van der Waals surface area contributed by atoms with Crippen molar-refractivity contribution in [2.45, 2.75) is 18.7 Å². The Morgan fingerprint density at radius 3 is 2.22 bits per heavy atom. The minimum atomic E-state index is -1.20. The van der Waals surface area contributed by atoms with Gasteiger partial charge in [0.25, 0.3) is 0 Å². The van der Waals surface area contributed by atoms with Gasteiger partial charge in [0.1, 0.15) is 5.41 Å². The molecule has 1 amide bonds. The molecule has 5 heteroatoms. The lowest BCUT2D eigenvalue weighted by atomic mass is 9.92. The molecular formula is C13H17NO3S. The van der Waals surface area contributed by atoms with Crippen LogP contribution in [0.5, 0.6) is 0 Å². The van der Waals surface area contributed by atoms with E-state index in [0.29, 0.717) is 5.69 Å². The second-order valence-corrected chi connectivity index (χ2v) is 5.18. The van der Waals surface area contributed by atoms with Crippen LogP contribution in [-0.2, 0) is 14.3 Å². The summed E-state index contributed by atoms with van der Waals surface area (Å²) in [5.41, 5.74) is -0.540. The van der Waals surface area contributed by atoms with Crippen LogP contribution in [-0.4, -0.2) is 25.2 Å². The summed E-state index contributed by atoms with van der Waals surface area (Å²) in [5.74, 6) is -0.938. The van der Waals surface area contributed by atoms with E-state index in [0.717, 1.165) is 4.90 Å². The van der Waals surface area contributed by atoms with Gasteiger partial charge in [-0.05, 0) is 44.4 Å². The second-order valence-electron chi connectivity index (χ2n) is 4.30. The van der Waals surface area contributed by atoms with Gasteiger partial charge in [0.2, 0.25) is 5.91 Å². The number of rotatable bonds is 4. The zero-order valence-electron chi connectivity index (χ0n) is 10.9. The van der Waals surface area contributed by atoms with Gasteiger partial charge in [0.05, 0.1) is 7.11 Å². The number of carbonyl (C=O) groups excluding carboxylic acids is 2. The summed E-state index contributed by atoms with van der Waals surface area (Å²) in [7, 11) is 1.27. The molecule has 0 atom stereocenters. The molecule has 0 fully saturated rings. The molecule has 0 saturated heterocycles. The summed E-state index contributed by atoms with van der Waals surface area (Å²) < 4.78 is 4.61. The number of thioether (sulfide) groups is 1. The topological polar surface area (TPSA) is 55.4 Å². The SMILES string of the molecule is COC(=O)C(C)(C)C(=O)Nc1ccc(SC)cc1. The summed E-state index contributed by atoms with van der Waals surface area (Å²) in [6.07, 6.45) is 1.98. The Kier molecular flexibility index (Phi) is 4.78. The summed E-state index contributed by atoms with van der Waals surface area (Å²) in [6, 6.07) is 7.42. The van der Waals surface area contributed by atoms with Crippen LogP contribution in [0, 0.1) is 5.41 Å². The third-order valence-electron chi connectivity index (χ3n) is 2.61. The van der Waals surface area contributed by atoms with Crippen molar-refractivity contribution >= 4 is 29.3 Å². The number of carbonyl (C=O) groups is 2. The van der Waals surface area contributed by atoms with Crippen molar-refractivity contribution in [3.05, 3.63) is 24.3 Å². The molecule has 0 heterocycles. The molecule has 0 bridgehead atoms. The minimum absolute atomic E-state index is 0.383. The Morgan fingerprint density at radius 1 is 1.22 bits per heavy atom. The first-order chi connectivity index (χ1) is 8.41. The van der Waals surface area contributed by atoms with E-state index >= 15 is 0 Å². The molecule has 1 N–H and O–H groups in total. The van der Waals surface area contributed by atoms with Gasteiger partial charge in [-0.2, -0.15) is 0 Å². The van der Waals surface area contributed by atoms with Crippen molar-refractivity contribution in [3.8, 4) is 0 Å². The molecule has 18 heavy (non-hydrogen) atoms. The number of hydrogen-bond acceptors (Lipinski definition) is 4. The van der Waals surface area contributed by atoms with E-state index < -0.39 is 11.4 Å². The van der Waals surface area contributed by atoms with Crippen LogP contribution in [0.4, 0.5) is 5.69 Å². The summed E-state index contributed by atoms with van der Waals surface area (Å²) in [6.45, 7) is 3.06. The Hall–Kier alpha value is -1.49. The van der Waals surface area contributed by atoms with Crippen LogP contribution in [0.25, 0.3) is 0 Å². The number of anilines is 1. The molecule has 0 radical (unpaired) electrons. The molecule has 0 aromatic heterocycles. The smallest absolute Gasteiger partial charge is 0.320 e. The monoisotopic (exact) mass is 267 g/mol. The van der Waals surface area contributed by atoms with Crippen molar-refractivity contribution in [1.82, 2.24) is 0 Å². The number of amides is 1. The van der Waals surface area contributed by atoms with Crippen molar-refractivity contribution in [2.24, 2.45) is 5.41 Å². The third-order valence-corrected chi connectivity index (χ3v) is 3.35. The molecule has 0 aliphatic heterocycles. The van der Waals surface area contributed by atoms with Crippen LogP contribution >= 0.6 is 11.8 Å². The van der Waals surface area contributed by atoms with Crippen molar-refractivity contribution in [1.29, 1.82) is 0 Å². The van der Waals surface area contributed by atoms with E-state index in [4.69, 9.17) is 0 Å². The molecule has 0 aliphatic carbocycles. The second kappa shape index (κ2) is 5.91. The number of hydrogen-bond donors (Lipinski definition) is 1. The first-order valence-corrected chi connectivity index (χ1v) is 6.68. The molecule has 98 valence electrons. The fourth-order valence-electron chi connectivity index (χ4n) is 1.31. The molecule has 1 aromatic carbocycles. The number of ether oxygens (including phenoxy) is 1. The minimum Gasteiger partial charge on any atom is -0.468 e. The Bertz CT molecular complexity index is 440. The van der Waals surface area contributed by atoms with Crippen LogP contribution in [0.2, 0.25) is 0 Å². The maximum absolute atomic E-state index is 12.0. The molecule has 0 aliphatic rings. The van der Waals surface area contributed by atoms with Crippen molar-refractivity contribution in [2.75, 3.05) is 18.7 Å². The van der Waals surface area contributed by atoms with Gasteiger partial charge in [0.15, 0.2) is 0 Å². The Balaban J connectivity index is 2.77. The highest BCUT2D eigenvalue weighted by Gasteiger charge is 2.37. The predicted molar refractivity (Wildman–Crippen MR) is 72.6 cm³/mol. The molecular weight excluding hydrogens is 250 g/mol. The number of methoxy groups -OCH3 is 1. The number of nitrogens with one attached hydrogen (secondary N) is 1. The maximum Gasteiger partial charge on any atom is 0.320 e. The average molecular weight is 267 g/mol. The standard InChI is InChI=1S/C13H17NO3S/c1-13(2,12(16)17-3)11(15)14-9-5-7-10(18-4)8-6-9/h5-8H,1-4H3,(H,14,15). The molecule has 0 spiro atoms. The zero-order chi connectivity index (χ0) is 13.8.